The highest BCUT2D eigenvalue weighted by Gasteiger charge is 2.41. The summed E-state index contributed by atoms with van der Waals surface area (Å²) in [5.74, 6) is -1.87. The molecule has 0 saturated heterocycles. The molecule has 2 fully saturated rings. The van der Waals surface area contributed by atoms with E-state index in [2.05, 4.69) is 11.1 Å². The first kappa shape index (κ1) is 18.0. The summed E-state index contributed by atoms with van der Waals surface area (Å²) in [6.45, 7) is 0. The molecule has 2 atom stereocenters. The number of nitrogens with two attached hydrogens (primary N) is 1. The van der Waals surface area contributed by atoms with Crippen LogP contribution in [0.2, 0.25) is 0 Å². The Morgan fingerprint density at radius 2 is 2.00 bits per heavy atom. The van der Waals surface area contributed by atoms with E-state index in [0.717, 1.165) is 19.1 Å². The highest BCUT2D eigenvalue weighted by Crippen LogP contribution is 2.38. The standard InChI is InChI=1S/C17H21F2NO.CH5N/c18-17(19)6-4-15(5-7-17)20-16-10-14(16)9-12-2-1-3-13(8-12)11-21;1-2/h1-3,8,11,14-16,20H,4-7,9-10H2;2H2,1H3. The van der Waals surface area contributed by atoms with Gasteiger partial charge in [0.15, 0.2) is 0 Å². The van der Waals surface area contributed by atoms with Gasteiger partial charge in [-0.15, -0.1) is 0 Å². The van der Waals surface area contributed by atoms with Crippen LogP contribution in [0.4, 0.5) is 8.78 Å². The molecule has 0 radical (unpaired) electrons. The molecule has 3 N–H and O–H groups in total. The zero-order valence-electron chi connectivity index (χ0n) is 13.6. The zero-order valence-corrected chi connectivity index (χ0v) is 13.6. The van der Waals surface area contributed by atoms with Gasteiger partial charge in [0.2, 0.25) is 5.92 Å². The summed E-state index contributed by atoms with van der Waals surface area (Å²) in [5, 5.41) is 3.53. The minimum atomic E-state index is -2.45. The van der Waals surface area contributed by atoms with Gasteiger partial charge in [-0.25, -0.2) is 8.78 Å². The lowest BCUT2D eigenvalue weighted by molar-refractivity contribution is -0.0406. The van der Waals surface area contributed by atoms with E-state index in [1.54, 1.807) is 6.07 Å². The second kappa shape index (κ2) is 7.97. The molecular weight excluding hydrogens is 298 g/mol. The van der Waals surface area contributed by atoms with Crippen LogP contribution < -0.4 is 11.1 Å². The van der Waals surface area contributed by atoms with Gasteiger partial charge in [-0.3, -0.25) is 4.79 Å². The monoisotopic (exact) mass is 324 g/mol. The summed E-state index contributed by atoms with van der Waals surface area (Å²) in [7, 11) is 1.50. The largest absolute Gasteiger partial charge is 0.333 e. The molecule has 2 unspecified atom stereocenters. The van der Waals surface area contributed by atoms with Crippen LogP contribution >= 0.6 is 0 Å². The van der Waals surface area contributed by atoms with Crippen molar-refractivity contribution in [2.75, 3.05) is 7.05 Å². The van der Waals surface area contributed by atoms with Crippen LogP contribution in [0, 0.1) is 5.92 Å². The second-order valence-corrected chi connectivity index (χ2v) is 6.47. The van der Waals surface area contributed by atoms with E-state index in [1.807, 2.05) is 18.2 Å². The summed E-state index contributed by atoms with van der Waals surface area (Å²) < 4.78 is 26.2. The van der Waals surface area contributed by atoms with Gasteiger partial charge in [-0.1, -0.05) is 18.2 Å². The average Bonchev–Trinajstić information content (AvgIpc) is 3.29. The van der Waals surface area contributed by atoms with E-state index < -0.39 is 5.92 Å². The summed E-state index contributed by atoms with van der Waals surface area (Å²) in [4.78, 5) is 10.8. The number of carbonyl (C=O) groups is 1. The Hall–Kier alpha value is -1.33. The Kier molecular flexibility index (Phi) is 6.25. The van der Waals surface area contributed by atoms with Gasteiger partial charge in [0, 0.05) is 30.5 Å². The molecule has 1 aromatic carbocycles. The first-order valence-electron chi connectivity index (χ1n) is 8.31. The van der Waals surface area contributed by atoms with E-state index in [0.29, 0.717) is 30.4 Å². The zero-order chi connectivity index (χ0) is 16.9. The van der Waals surface area contributed by atoms with Crippen molar-refractivity contribution in [3.05, 3.63) is 35.4 Å². The quantitative estimate of drug-likeness (QED) is 0.818. The van der Waals surface area contributed by atoms with Crippen LogP contribution in [0.3, 0.4) is 0 Å². The summed E-state index contributed by atoms with van der Waals surface area (Å²) in [6, 6.07) is 8.41. The maximum atomic E-state index is 13.1. The number of halogens is 2. The highest BCUT2D eigenvalue weighted by molar-refractivity contribution is 5.74. The van der Waals surface area contributed by atoms with Crippen molar-refractivity contribution in [2.45, 2.75) is 56.5 Å². The topological polar surface area (TPSA) is 55.1 Å². The third-order valence-electron chi connectivity index (χ3n) is 4.67. The van der Waals surface area contributed by atoms with Crippen LogP contribution in [0.25, 0.3) is 0 Å². The maximum Gasteiger partial charge on any atom is 0.248 e. The molecule has 0 heterocycles. The predicted octanol–water partition coefficient (Wildman–Crippen LogP) is 3.17. The van der Waals surface area contributed by atoms with E-state index in [9.17, 15) is 13.6 Å². The Morgan fingerprint density at radius 3 is 2.65 bits per heavy atom. The summed E-state index contributed by atoms with van der Waals surface area (Å²) in [6.07, 6.45) is 4.13. The molecule has 0 aromatic heterocycles. The average molecular weight is 324 g/mol. The number of hydrogen-bond donors (Lipinski definition) is 2. The predicted molar refractivity (Wildman–Crippen MR) is 87.9 cm³/mol. The molecule has 3 nitrogen and oxygen atoms in total. The number of alkyl halides is 2. The molecule has 5 heteroatoms. The van der Waals surface area contributed by atoms with E-state index in [4.69, 9.17) is 0 Å². The van der Waals surface area contributed by atoms with Crippen LogP contribution in [-0.4, -0.2) is 31.3 Å². The molecule has 128 valence electrons. The first-order chi connectivity index (χ1) is 11.1. The molecule has 1 aromatic rings. The number of benzene rings is 1. The fourth-order valence-electron chi connectivity index (χ4n) is 3.28. The number of nitrogens with one attached hydrogen (secondary N) is 1. The van der Waals surface area contributed by atoms with E-state index >= 15 is 0 Å². The van der Waals surface area contributed by atoms with Gasteiger partial charge in [0.25, 0.3) is 0 Å². The molecule has 3 rings (SSSR count). The third kappa shape index (κ3) is 5.36. The number of carbonyl (C=O) groups excluding carboxylic acids is 1. The highest BCUT2D eigenvalue weighted by atomic mass is 19.3. The normalized spacial score (nSPS) is 26.1. The van der Waals surface area contributed by atoms with Crippen molar-refractivity contribution in [3.8, 4) is 0 Å². The Morgan fingerprint density at radius 1 is 1.30 bits per heavy atom. The van der Waals surface area contributed by atoms with E-state index in [-0.39, 0.29) is 18.9 Å². The van der Waals surface area contributed by atoms with Crippen LogP contribution in [-0.2, 0) is 6.42 Å². The summed E-state index contributed by atoms with van der Waals surface area (Å²) >= 11 is 0. The molecule has 0 bridgehead atoms. The second-order valence-electron chi connectivity index (χ2n) is 6.47. The Labute approximate surface area is 136 Å². The van der Waals surface area contributed by atoms with Crippen LogP contribution in [0.15, 0.2) is 24.3 Å². The van der Waals surface area contributed by atoms with Crippen molar-refractivity contribution in [1.82, 2.24) is 5.32 Å². The van der Waals surface area contributed by atoms with Crippen molar-refractivity contribution in [3.63, 3.8) is 0 Å². The van der Waals surface area contributed by atoms with Crippen molar-refractivity contribution < 1.29 is 13.6 Å². The van der Waals surface area contributed by atoms with Crippen LogP contribution in [0.5, 0.6) is 0 Å². The Balaban J connectivity index is 0.000000924. The van der Waals surface area contributed by atoms with Crippen molar-refractivity contribution in [1.29, 1.82) is 0 Å². The minimum Gasteiger partial charge on any atom is -0.333 e. The molecule has 23 heavy (non-hydrogen) atoms. The number of aldehydes is 1. The lowest BCUT2D eigenvalue weighted by Gasteiger charge is -2.29. The SMILES string of the molecule is CN.O=Cc1cccc(CC2CC2NC2CCC(F)(F)CC2)c1. The fraction of sp³-hybridized carbons (Fsp3) is 0.611. The number of rotatable bonds is 5. The third-order valence-corrected chi connectivity index (χ3v) is 4.67. The summed E-state index contributed by atoms with van der Waals surface area (Å²) in [5.41, 5.74) is 6.40. The minimum absolute atomic E-state index is 0.0173. The lowest BCUT2D eigenvalue weighted by Crippen LogP contribution is -2.38. The Bertz CT molecular complexity index is 511. The molecular formula is C18H26F2N2O. The van der Waals surface area contributed by atoms with E-state index in [1.165, 1.54) is 12.6 Å². The first-order valence-corrected chi connectivity index (χ1v) is 8.31. The maximum absolute atomic E-state index is 13.1. The van der Waals surface area contributed by atoms with Gasteiger partial charge in [0.05, 0.1) is 0 Å². The van der Waals surface area contributed by atoms with Gasteiger partial charge >= 0.3 is 0 Å². The lowest BCUT2D eigenvalue weighted by atomic mass is 9.92. The molecule has 2 aliphatic carbocycles. The molecule has 2 saturated carbocycles. The van der Waals surface area contributed by atoms with Gasteiger partial charge < -0.3 is 11.1 Å². The van der Waals surface area contributed by atoms with Gasteiger partial charge in [-0.05, 0) is 50.3 Å². The molecule has 0 amide bonds. The molecule has 0 spiro atoms. The fourth-order valence-corrected chi connectivity index (χ4v) is 3.28. The van der Waals surface area contributed by atoms with Crippen molar-refractivity contribution in [2.24, 2.45) is 11.7 Å². The van der Waals surface area contributed by atoms with Crippen molar-refractivity contribution >= 4 is 6.29 Å². The molecule has 2 aliphatic rings. The smallest absolute Gasteiger partial charge is 0.248 e. The van der Waals surface area contributed by atoms with Gasteiger partial charge in [0.1, 0.15) is 6.29 Å². The number of hydrogen-bond acceptors (Lipinski definition) is 3. The van der Waals surface area contributed by atoms with Gasteiger partial charge in [-0.2, -0.15) is 0 Å². The van der Waals surface area contributed by atoms with Crippen LogP contribution in [0.1, 0.15) is 48.0 Å². The molecule has 0 aliphatic heterocycles.